The number of nitrogens with zero attached hydrogens (tertiary/aromatic N) is 1. The van der Waals surface area contributed by atoms with E-state index in [1.165, 1.54) is 0 Å². The molecule has 1 aliphatic heterocycles. The minimum Gasteiger partial charge on any atom is -0.493 e. The molecule has 0 aliphatic carbocycles. The summed E-state index contributed by atoms with van der Waals surface area (Å²) in [4.78, 5) is 4.43. The van der Waals surface area contributed by atoms with Crippen molar-refractivity contribution in [3.63, 3.8) is 0 Å². The third-order valence-electron chi connectivity index (χ3n) is 4.71. The lowest BCUT2D eigenvalue weighted by Crippen LogP contribution is -2.47. The first kappa shape index (κ1) is 19.8. The number of nitrogens with one attached hydrogen (secondary N) is 1. The van der Waals surface area contributed by atoms with Crippen molar-refractivity contribution in [3.05, 3.63) is 48.2 Å². The normalized spacial score (nSPS) is 20.4. The summed E-state index contributed by atoms with van der Waals surface area (Å²) in [6.45, 7) is 5.10. The van der Waals surface area contributed by atoms with Gasteiger partial charge in [-0.15, -0.1) is 0 Å². The van der Waals surface area contributed by atoms with E-state index in [1.807, 2.05) is 49.5 Å². The van der Waals surface area contributed by atoms with Gasteiger partial charge >= 0.3 is 0 Å². The van der Waals surface area contributed by atoms with Gasteiger partial charge in [-0.3, -0.25) is 4.98 Å². The number of rotatable bonds is 7. The maximum atomic E-state index is 11.9. The standard InChI is InChI=1S/C20H26N2O4S/c1-3-27(23,24)22-20-10-11-25-13-17(20)14-26-18-7-5-16(6-8-18)19-9-4-15(2)12-21-19/h4-9,12,17,20,22H,3,10-11,13-14H2,1-2H3. The zero-order valence-electron chi connectivity index (χ0n) is 15.7. The lowest BCUT2D eigenvalue weighted by atomic mass is 9.98. The minimum absolute atomic E-state index is 0.0153. The number of hydrogen-bond donors (Lipinski definition) is 1. The highest BCUT2D eigenvalue weighted by Crippen LogP contribution is 2.23. The zero-order valence-corrected chi connectivity index (χ0v) is 16.5. The van der Waals surface area contributed by atoms with Gasteiger partial charge in [0.2, 0.25) is 10.0 Å². The summed E-state index contributed by atoms with van der Waals surface area (Å²) in [5.74, 6) is 0.805. The van der Waals surface area contributed by atoms with Gasteiger partial charge in [-0.2, -0.15) is 0 Å². The van der Waals surface area contributed by atoms with Gasteiger partial charge in [0.15, 0.2) is 0 Å². The lowest BCUT2D eigenvalue weighted by Gasteiger charge is -2.31. The number of benzene rings is 1. The Morgan fingerprint density at radius 3 is 2.67 bits per heavy atom. The van der Waals surface area contributed by atoms with Gasteiger partial charge in [0.25, 0.3) is 0 Å². The van der Waals surface area contributed by atoms with E-state index in [0.717, 1.165) is 22.6 Å². The highest BCUT2D eigenvalue weighted by atomic mass is 32.2. The Morgan fingerprint density at radius 1 is 1.22 bits per heavy atom. The van der Waals surface area contributed by atoms with Crippen molar-refractivity contribution < 1.29 is 17.9 Å². The molecular formula is C20H26N2O4S. The summed E-state index contributed by atoms with van der Waals surface area (Å²) in [6.07, 6.45) is 2.51. The maximum absolute atomic E-state index is 11.9. The molecule has 1 N–H and O–H groups in total. The molecule has 146 valence electrons. The van der Waals surface area contributed by atoms with Gasteiger partial charge in [-0.25, -0.2) is 13.1 Å². The van der Waals surface area contributed by atoms with E-state index in [0.29, 0.717) is 26.2 Å². The maximum Gasteiger partial charge on any atom is 0.211 e. The molecule has 3 rings (SSSR count). The monoisotopic (exact) mass is 390 g/mol. The Labute approximate surface area is 161 Å². The molecule has 6 nitrogen and oxygen atoms in total. The topological polar surface area (TPSA) is 77.5 Å². The quantitative estimate of drug-likeness (QED) is 0.787. The van der Waals surface area contributed by atoms with E-state index < -0.39 is 10.0 Å². The van der Waals surface area contributed by atoms with Crippen molar-refractivity contribution in [3.8, 4) is 17.0 Å². The van der Waals surface area contributed by atoms with Crippen molar-refractivity contribution in [1.82, 2.24) is 9.71 Å². The number of sulfonamides is 1. The summed E-state index contributed by atoms with van der Waals surface area (Å²) in [7, 11) is -3.24. The average Bonchev–Trinajstić information content (AvgIpc) is 2.68. The number of hydrogen-bond acceptors (Lipinski definition) is 5. The van der Waals surface area contributed by atoms with Crippen LogP contribution in [-0.2, 0) is 14.8 Å². The van der Waals surface area contributed by atoms with E-state index >= 15 is 0 Å². The molecule has 0 saturated carbocycles. The summed E-state index contributed by atoms with van der Waals surface area (Å²) in [5.41, 5.74) is 3.07. The highest BCUT2D eigenvalue weighted by Gasteiger charge is 2.29. The Bertz CT molecular complexity index is 835. The predicted octanol–water partition coefficient (Wildman–Crippen LogP) is 2.78. The van der Waals surface area contributed by atoms with Crippen LogP contribution in [0, 0.1) is 12.8 Å². The van der Waals surface area contributed by atoms with E-state index in [-0.39, 0.29) is 17.7 Å². The van der Waals surface area contributed by atoms with Crippen molar-refractivity contribution in [2.45, 2.75) is 26.3 Å². The molecule has 1 fully saturated rings. The second-order valence-corrected chi connectivity index (χ2v) is 8.85. The number of ether oxygens (including phenoxy) is 2. The van der Waals surface area contributed by atoms with Gasteiger partial charge in [0, 0.05) is 30.3 Å². The fourth-order valence-electron chi connectivity index (χ4n) is 2.99. The fraction of sp³-hybridized carbons (Fsp3) is 0.450. The summed E-state index contributed by atoms with van der Waals surface area (Å²) >= 11 is 0. The van der Waals surface area contributed by atoms with E-state index in [1.54, 1.807) is 6.92 Å². The van der Waals surface area contributed by atoms with Gasteiger partial charge < -0.3 is 9.47 Å². The second-order valence-electron chi connectivity index (χ2n) is 6.81. The molecule has 2 atom stereocenters. The van der Waals surface area contributed by atoms with Gasteiger partial charge in [0.1, 0.15) is 5.75 Å². The minimum atomic E-state index is -3.24. The third-order valence-corrected chi connectivity index (χ3v) is 6.13. The lowest BCUT2D eigenvalue weighted by molar-refractivity contribution is 0.0186. The van der Waals surface area contributed by atoms with Crippen LogP contribution >= 0.6 is 0 Å². The van der Waals surface area contributed by atoms with Crippen LogP contribution in [0.3, 0.4) is 0 Å². The molecular weight excluding hydrogens is 364 g/mol. The molecule has 1 saturated heterocycles. The first-order chi connectivity index (χ1) is 13.0. The predicted molar refractivity (Wildman–Crippen MR) is 105 cm³/mol. The second kappa shape index (κ2) is 8.82. The molecule has 27 heavy (non-hydrogen) atoms. The first-order valence-corrected chi connectivity index (χ1v) is 10.9. The molecule has 1 aromatic heterocycles. The Hall–Kier alpha value is -1.96. The van der Waals surface area contributed by atoms with Crippen molar-refractivity contribution in [2.24, 2.45) is 5.92 Å². The van der Waals surface area contributed by atoms with Crippen molar-refractivity contribution in [1.29, 1.82) is 0 Å². The van der Waals surface area contributed by atoms with Crippen LogP contribution in [0.5, 0.6) is 5.75 Å². The molecule has 2 heterocycles. The van der Waals surface area contributed by atoms with E-state index in [9.17, 15) is 8.42 Å². The van der Waals surface area contributed by atoms with Crippen LogP contribution in [0.25, 0.3) is 11.3 Å². The Morgan fingerprint density at radius 2 is 2.00 bits per heavy atom. The first-order valence-electron chi connectivity index (χ1n) is 9.20. The SMILES string of the molecule is CCS(=O)(=O)NC1CCOCC1COc1ccc(-c2ccc(C)cn2)cc1. The van der Waals surface area contributed by atoms with Gasteiger partial charge in [0.05, 0.1) is 24.7 Å². The van der Waals surface area contributed by atoms with Crippen LogP contribution in [0.2, 0.25) is 0 Å². The van der Waals surface area contributed by atoms with Crippen LogP contribution in [0.4, 0.5) is 0 Å². The smallest absolute Gasteiger partial charge is 0.211 e. The number of aryl methyl sites for hydroxylation is 1. The highest BCUT2D eigenvalue weighted by molar-refractivity contribution is 7.89. The van der Waals surface area contributed by atoms with Crippen LogP contribution in [0.15, 0.2) is 42.6 Å². The number of aromatic nitrogens is 1. The van der Waals surface area contributed by atoms with Crippen LogP contribution in [0.1, 0.15) is 18.9 Å². The van der Waals surface area contributed by atoms with Gasteiger partial charge in [-0.05, 0) is 56.2 Å². The summed E-state index contributed by atoms with van der Waals surface area (Å²) < 4.78 is 37.9. The summed E-state index contributed by atoms with van der Waals surface area (Å²) in [6, 6.07) is 11.6. The van der Waals surface area contributed by atoms with Crippen molar-refractivity contribution >= 4 is 10.0 Å². The molecule has 7 heteroatoms. The Kier molecular flexibility index (Phi) is 6.46. The van der Waals surface area contributed by atoms with E-state index in [4.69, 9.17) is 9.47 Å². The average molecular weight is 391 g/mol. The molecule has 0 amide bonds. The van der Waals surface area contributed by atoms with Crippen LogP contribution < -0.4 is 9.46 Å². The molecule has 1 aliphatic rings. The van der Waals surface area contributed by atoms with Crippen LogP contribution in [-0.4, -0.2) is 45.0 Å². The molecule has 2 unspecified atom stereocenters. The molecule has 0 radical (unpaired) electrons. The molecule has 0 spiro atoms. The molecule has 2 aromatic rings. The fourth-order valence-corrected chi connectivity index (χ4v) is 3.93. The largest absolute Gasteiger partial charge is 0.493 e. The van der Waals surface area contributed by atoms with E-state index in [2.05, 4.69) is 9.71 Å². The molecule has 1 aromatic carbocycles. The third kappa shape index (κ3) is 5.51. The van der Waals surface area contributed by atoms with Crippen molar-refractivity contribution in [2.75, 3.05) is 25.6 Å². The summed E-state index contributed by atoms with van der Waals surface area (Å²) in [5, 5.41) is 0. The molecule has 0 bridgehead atoms. The Balaban J connectivity index is 1.60. The zero-order chi connectivity index (χ0) is 19.3. The number of pyridine rings is 1. The van der Waals surface area contributed by atoms with Gasteiger partial charge in [-0.1, -0.05) is 6.07 Å².